The molecule has 1 saturated heterocycles. The van der Waals surface area contributed by atoms with Gasteiger partial charge in [0.15, 0.2) is 5.84 Å². The molecule has 1 aliphatic carbocycles. The fourth-order valence-corrected chi connectivity index (χ4v) is 4.30. The third-order valence-corrected chi connectivity index (χ3v) is 5.92. The van der Waals surface area contributed by atoms with Gasteiger partial charge >= 0.3 is 0 Å². The lowest BCUT2D eigenvalue weighted by atomic mass is 10.1. The Hall–Kier alpha value is -2.31. The summed E-state index contributed by atoms with van der Waals surface area (Å²) in [6, 6.07) is 11.6. The second-order valence-electron chi connectivity index (χ2n) is 7.27. The predicted octanol–water partition coefficient (Wildman–Crippen LogP) is 4.22. The van der Waals surface area contributed by atoms with Gasteiger partial charge in [-0.15, -0.1) is 0 Å². The number of rotatable bonds is 4. The zero-order chi connectivity index (χ0) is 19.3. The molecule has 0 amide bonds. The van der Waals surface area contributed by atoms with Gasteiger partial charge in [0.05, 0.1) is 10.6 Å². The van der Waals surface area contributed by atoms with Crippen LogP contribution in [0, 0.1) is 0 Å². The largest absolute Gasteiger partial charge is 0.437 e. The first-order valence-electron chi connectivity index (χ1n) is 9.85. The molecular formula is C21H25ClN4O2. The van der Waals surface area contributed by atoms with E-state index in [1.807, 2.05) is 24.3 Å². The molecule has 0 atom stereocenters. The Bertz CT molecular complexity index is 831. The SMILES string of the molecule is O/N=C(/c1cccnc1Oc1ccccc1Cl)N1CCN(C2CCCC2)CC1. The Morgan fingerprint density at radius 2 is 1.82 bits per heavy atom. The lowest BCUT2D eigenvalue weighted by molar-refractivity contribution is 0.131. The third kappa shape index (κ3) is 4.08. The minimum absolute atomic E-state index is 0.377. The Labute approximate surface area is 170 Å². The van der Waals surface area contributed by atoms with E-state index in [1.54, 1.807) is 18.3 Å². The van der Waals surface area contributed by atoms with Crippen LogP contribution in [0.25, 0.3) is 0 Å². The number of amidine groups is 1. The molecule has 0 radical (unpaired) electrons. The number of pyridine rings is 1. The van der Waals surface area contributed by atoms with Gasteiger partial charge in [0, 0.05) is 38.4 Å². The smallest absolute Gasteiger partial charge is 0.230 e. The first-order chi connectivity index (χ1) is 13.8. The highest BCUT2D eigenvalue weighted by Crippen LogP contribution is 2.30. The maximum absolute atomic E-state index is 9.78. The second-order valence-corrected chi connectivity index (χ2v) is 7.68. The lowest BCUT2D eigenvalue weighted by Gasteiger charge is -2.39. The predicted molar refractivity (Wildman–Crippen MR) is 109 cm³/mol. The molecule has 1 aromatic heterocycles. The van der Waals surface area contributed by atoms with Crippen LogP contribution >= 0.6 is 11.6 Å². The van der Waals surface area contributed by atoms with Gasteiger partial charge in [0.2, 0.25) is 5.88 Å². The summed E-state index contributed by atoms with van der Waals surface area (Å²) in [5.74, 6) is 1.38. The topological polar surface area (TPSA) is 61.2 Å². The quantitative estimate of drug-likeness (QED) is 0.360. The molecule has 2 fully saturated rings. The van der Waals surface area contributed by atoms with Crippen LogP contribution in [-0.4, -0.2) is 58.0 Å². The van der Waals surface area contributed by atoms with E-state index in [1.165, 1.54) is 25.7 Å². The van der Waals surface area contributed by atoms with E-state index < -0.39 is 0 Å². The number of benzene rings is 1. The highest BCUT2D eigenvalue weighted by atomic mass is 35.5. The highest BCUT2D eigenvalue weighted by molar-refractivity contribution is 6.32. The van der Waals surface area contributed by atoms with Crippen molar-refractivity contribution in [2.45, 2.75) is 31.7 Å². The number of hydrogen-bond acceptors (Lipinski definition) is 5. The van der Waals surface area contributed by atoms with Crippen LogP contribution in [0.5, 0.6) is 11.6 Å². The van der Waals surface area contributed by atoms with E-state index in [0.717, 1.165) is 26.2 Å². The summed E-state index contributed by atoms with van der Waals surface area (Å²) in [5.41, 5.74) is 0.652. The van der Waals surface area contributed by atoms with Gasteiger partial charge in [-0.25, -0.2) is 4.98 Å². The highest BCUT2D eigenvalue weighted by Gasteiger charge is 2.29. The summed E-state index contributed by atoms with van der Waals surface area (Å²) in [6.45, 7) is 3.59. The summed E-state index contributed by atoms with van der Waals surface area (Å²) < 4.78 is 5.94. The van der Waals surface area contributed by atoms with Crippen LogP contribution in [0.15, 0.2) is 47.8 Å². The molecule has 148 valence electrons. The normalized spacial score (nSPS) is 19.2. The standard InChI is InChI=1S/C21H25ClN4O2/c22-18-9-3-4-10-19(18)28-21-17(8-5-11-23-21)20(24-27)26-14-12-25(13-15-26)16-6-1-2-7-16/h3-5,8-11,16,27H,1-2,6-7,12-15H2/b24-20-. The molecule has 0 unspecified atom stereocenters. The van der Waals surface area contributed by atoms with Crippen LogP contribution in [0.1, 0.15) is 31.2 Å². The van der Waals surface area contributed by atoms with E-state index in [0.29, 0.717) is 34.1 Å². The molecule has 0 bridgehead atoms. The number of para-hydroxylation sites is 1. The van der Waals surface area contributed by atoms with Crippen LogP contribution in [0.2, 0.25) is 5.02 Å². The summed E-state index contributed by atoms with van der Waals surface area (Å²) in [6.07, 6.45) is 6.95. The van der Waals surface area contributed by atoms with E-state index in [2.05, 4.69) is 19.9 Å². The van der Waals surface area contributed by atoms with Crippen molar-refractivity contribution in [1.29, 1.82) is 0 Å². The van der Waals surface area contributed by atoms with E-state index in [-0.39, 0.29) is 0 Å². The van der Waals surface area contributed by atoms with Gasteiger partial charge in [0.1, 0.15) is 5.75 Å². The van der Waals surface area contributed by atoms with Crippen molar-refractivity contribution in [2.75, 3.05) is 26.2 Å². The summed E-state index contributed by atoms with van der Waals surface area (Å²) in [7, 11) is 0. The average molecular weight is 401 g/mol. The van der Waals surface area contributed by atoms with Gasteiger partial charge < -0.3 is 14.8 Å². The maximum atomic E-state index is 9.78. The molecule has 2 heterocycles. The number of hydrogen-bond donors (Lipinski definition) is 1. The zero-order valence-electron chi connectivity index (χ0n) is 15.8. The van der Waals surface area contributed by atoms with Gasteiger partial charge in [-0.3, -0.25) is 4.90 Å². The minimum atomic E-state index is 0.377. The molecule has 0 spiro atoms. The van der Waals surface area contributed by atoms with Crippen LogP contribution in [0.3, 0.4) is 0 Å². The second kappa shape index (κ2) is 8.80. The number of aromatic nitrogens is 1. The average Bonchev–Trinajstić information content (AvgIpc) is 3.27. The first-order valence-corrected chi connectivity index (χ1v) is 10.2. The molecule has 7 heteroatoms. The molecule has 2 aliphatic rings. The van der Waals surface area contributed by atoms with Crippen molar-refractivity contribution < 1.29 is 9.94 Å². The zero-order valence-corrected chi connectivity index (χ0v) is 16.6. The Morgan fingerprint density at radius 1 is 1.07 bits per heavy atom. The number of piperazine rings is 1. The van der Waals surface area contributed by atoms with Crippen LogP contribution < -0.4 is 4.74 Å². The summed E-state index contributed by atoms with van der Waals surface area (Å²) in [5, 5.41) is 13.9. The summed E-state index contributed by atoms with van der Waals surface area (Å²) in [4.78, 5) is 9.02. The van der Waals surface area contributed by atoms with Crippen molar-refractivity contribution in [2.24, 2.45) is 5.16 Å². The van der Waals surface area contributed by atoms with E-state index >= 15 is 0 Å². The first kappa shape index (κ1) is 19.0. The van der Waals surface area contributed by atoms with Gasteiger partial charge in [-0.1, -0.05) is 41.7 Å². The van der Waals surface area contributed by atoms with Crippen molar-refractivity contribution in [3.63, 3.8) is 0 Å². The molecule has 1 aromatic carbocycles. The fraction of sp³-hybridized carbons (Fsp3) is 0.429. The fourth-order valence-electron chi connectivity index (χ4n) is 4.13. The molecule has 1 saturated carbocycles. The van der Waals surface area contributed by atoms with E-state index in [4.69, 9.17) is 16.3 Å². The van der Waals surface area contributed by atoms with Gasteiger partial charge in [0.25, 0.3) is 0 Å². The maximum Gasteiger partial charge on any atom is 0.230 e. The molecule has 1 aliphatic heterocycles. The van der Waals surface area contributed by atoms with Crippen molar-refractivity contribution in [3.05, 3.63) is 53.2 Å². The minimum Gasteiger partial charge on any atom is -0.437 e. The van der Waals surface area contributed by atoms with Gasteiger partial charge in [-0.05, 0) is 37.1 Å². The number of oxime groups is 1. The lowest BCUT2D eigenvalue weighted by Crippen LogP contribution is -2.51. The molecule has 1 N–H and O–H groups in total. The third-order valence-electron chi connectivity index (χ3n) is 5.60. The molecular weight excluding hydrogens is 376 g/mol. The monoisotopic (exact) mass is 400 g/mol. The molecule has 4 rings (SSSR count). The Balaban J connectivity index is 1.50. The molecule has 6 nitrogen and oxygen atoms in total. The Kier molecular flexibility index (Phi) is 5.98. The summed E-state index contributed by atoms with van der Waals surface area (Å²) >= 11 is 6.22. The van der Waals surface area contributed by atoms with E-state index in [9.17, 15) is 5.21 Å². The number of nitrogens with zero attached hydrogens (tertiary/aromatic N) is 4. The van der Waals surface area contributed by atoms with Crippen LogP contribution in [0.4, 0.5) is 0 Å². The van der Waals surface area contributed by atoms with Crippen LogP contribution in [-0.2, 0) is 0 Å². The number of ether oxygens (including phenoxy) is 1. The van der Waals surface area contributed by atoms with Gasteiger partial charge in [-0.2, -0.15) is 0 Å². The Morgan fingerprint density at radius 3 is 2.54 bits per heavy atom. The van der Waals surface area contributed by atoms with Crippen molar-refractivity contribution in [3.8, 4) is 11.6 Å². The molecule has 28 heavy (non-hydrogen) atoms. The van der Waals surface area contributed by atoms with Crippen molar-refractivity contribution >= 4 is 17.4 Å². The number of halogens is 1. The molecule has 2 aromatic rings. The van der Waals surface area contributed by atoms with Crippen molar-refractivity contribution in [1.82, 2.24) is 14.8 Å².